The van der Waals surface area contributed by atoms with Gasteiger partial charge in [-0.1, -0.05) is 11.6 Å². The molecule has 0 spiro atoms. The lowest BCUT2D eigenvalue weighted by Crippen LogP contribution is -2.26. The van der Waals surface area contributed by atoms with Crippen molar-refractivity contribution in [3.05, 3.63) is 28.8 Å². The number of benzene rings is 1. The molecule has 0 aliphatic rings. The lowest BCUT2D eigenvalue weighted by Gasteiger charge is -2.09. The molecule has 0 unspecified atom stereocenters. The molecule has 0 saturated carbocycles. The largest absolute Gasteiger partial charge is 0.493 e. The lowest BCUT2D eigenvalue weighted by atomic mass is 10.2. The Balaban J connectivity index is 2.16. The first-order chi connectivity index (χ1) is 10.0. The molecule has 0 radical (unpaired) electrons. The van der Waals surface area contributed by atoms with Crippen LogP contribution in [0.4, 0.5) is 0 Å². The third kappa shape index (κ3) is 6.99. The number of aryl methyl sites for hydroxylation is 1. The zero-order valence-corrected chi connectivity index (χ0v) is 13.0. The summed E-state index contributed by atoms with van der Waals surface area (Å²) in [5.74, 6) is 0.331. The monoisotopic (exact) mass is 313 g/mol. The van der Waals surface area contributed by atoms with Gasteiger partial charge < -0.3 is 14.8 Å². The predicted molar refractivity (Wildman–Crippen MR) is 80.6 cm³/mol. The molecule has 5 nitrogen and oxygen atoms in total. The highest BCUT2D eigenvalue weighted by Gasteiger charge is 2.05. The van der Waals surface area contributed by atoms with Gasteiger partial charge in [-0.25, -0.2) is 0 Å². The van der Waals surface area contributed by atoms with Crippen molar-refractivity contribution in [2.45, 2.75) is 26.2 Å². The number of halogens is 1. The quantitative estimate of drug-likeness (QED) is 0.591. The highest BCUT2D eigenvalue weighted by molar-refractivity contribution is 6.30. The van der Waals surface area contributed by atoms with Gasteiger partial charge in [0.15, 0.2) is 0 Å². The molecule has 6 heteroatoms. The van der Waals surface area contributed by atoms with Gasteiger partial charge in [0.2, 0.25) is 5.91 Å². The van der Waals surface area contributed by atoms with E-state index in [1.807, 2.05) is 19.1 Å². The number of esters is 1. The van der Waals surface area contributed by atoms with E-state index in [1.54, 1.807) is 6.07 Å². The molecule has 1 rings (SSSR count). The molecule has 1 N–H and O–H groups in total. The number of amides is 1. The maximum atomic E-state index is 11.5. The summed E-state index contributed by atoms with van der Waals surface area (Å²) in [6.07, 6.45) is 1.14. The first kappa shape index (κ1) is 17.3. The summed E-state index contributed by atoms with van der Waals surface area (Å²) in [6.45, 7) is 2.66. The highest BCUT2D eigenvalue weighted by Crippen LogP contribution is 2.21. The van der Waals surface area contributed by atoms with E-state index in [4.69, 9.17) is 16.3 Å². The number of hydrogen-bond acceptors (Lipinski definition) is 4. The van der Waals surface area contributed by atoms with E-state index >= 15 is 0 Å². The Morgan fingerprint density at radius 1 is 1.29 bits per heavy atom. The Hall–Kier alpha value is -1.75. The van der Waals surface area contributed by atoms with Gasteiger partial charge in [-0.15, -0.1) is 0 Å². The van der Waals surface area contributed by atoms with Crippen LogP contribution in [0.2, 0.25) is 5.02 Å². The molecule has 1 aromatic rings. The summed E-state index contributed by atoms with van der Waals surface area (Å²) < 4.78 is 10.1. The van der Waals surface area contributed by atoms with Crippen LogP contribution in [-0.4, -0.2) is 32.1 Å². The standard InChI is InChI=1S/C15H20ClNO4/c1-11-10-12(16)5-6-13(11)21-9-3-4-14(18)17-8-7-15(19)20-2/h5-6,10H,3-4,7-9H2,1-2H3,(H,17,18). The summed E-state index contributed by atoms with van der Waals surface area (Å²) in [5.41, 5.74) is 0.963. The summed E-state index contributed by atoms with van der Waals surface area (Å²) in [4.78, 5) is 22.4. The van der Waals surface area contributed by atoms with Gasteiger partial charge in [0.25, 0.3) is 0 Å². The van der Waals surface area contributed by atoms with Crippen LogP contribution < -0.4 is 10.1 Å². The van der Waals surface area contributed by atoms with E-state index < -0.39 is 0 Å². The molecule has 0 fully saturated rings. The summed E-state index contributed by atoms with van der Waals surface area (Å²) >= 11 is 5.86. The second kappa shape index (κ2) is 9.23. The molecule has 21 heavy (non-hydrogen) atoms. The second-order valence-corrected chi connectivity index (χ2v) is 4.97. The van der Waals surface area contributed by atoms with Gasteiger partial charge >= 0.3 is 5.97 Å². The van der Waals surface area contributed by atoms with Gasteiger partial charge in [-0.3, -0.25) is 9.59 Å². The zero-order chi connectivity index (χ0) is 15.7. The van der Waals surface area contributed by atoms with Gasteiger partial charge in [-0.2, -0.15) is 0 Å². The van der Waals surface area contributed by atoms with Crippen LogP contribution in [0, 0.1) is 6.92 Å². The van der Waals surface area contributed by atoms with E-state index in [0.29, 0.717) is 31.0 Å². The van der Waals surface area contributed by atoms with Gasteiger partial charge in [0.05, 0.1) is 20.1 Å². The van der Waals surface area contributed by atoms with Crippen molar-refractivity contribution in [3.63, 3.8) is 0 Å². The molecule has 0 aromatic heterocycles. The number of carbonyl (C=O) groups is 2. The normalized spacial score (nSPS) is 10.0. The SMILES string of the molecule is COC(=O)CCNC(=O)CCCOc1ccc(Cl)cc1C. The van der Waals surface area contributed by atoms with Crippen LogP contribution >= 0.6 is 11.6 Å². The van der Waals surface area contributed by atoms with Crippen LogP contribution in [0.1, 0.15) is 24.8 Å². The van der Waals surface area contributed by atoms with E-state index in [9.17, 15) is 9.59 Å². The average Bonchev–Trinajstić information content (AvgIpc) is 2.45. The maximum absolute atomic E-state index is 11.5. The molecule has 1 amide bonds. The van der Waals surface area contributed by atoms with Crippen molar-refractivity contribution in [3.8, 4) is 5.75 Å². The number of methoxy groups -OCH3 is 1. The summed E-state index contributed by atoms with van der Waals surface area (Å²) in [6, 6.07) is 5.41. The van der Waals surface area contributed by atoms with Crippen LogP contribution in [-0.2, 0) is 14.3 Å². The molecule has 0 heterocycles. The molecular weight excluding hydrogens is 294 g/mol. The minimum Gasteiger partial charge on any atom is -0.493 e. The number of hydrogen-bond donors (Lipinski definition) is 1. The van der Waals surface area contributed by atoms with Crippen molar-refractivity contribution in [1.82, 2.24) is 5.32 Å². The van der Waals surface area contributed by atoms with Crippen molar-refractivity contribution in [2.75, 3.05) is 20.3 Å². The molecule has 0 saturated heterocycles. The molecular formula is C15H20ClNO4. The molecule has 0 aliphatic heterocycles. The Morgan fingerprint density at radius 3 is 2.71 bits per heavy atom. The van der Waals surface area contributed by atoms with Crippen LogP contribution in [0.15, 0.2) is 18.2 Å². The minimum absolute atomic E-state index is 0.102. The topological polar surface area (TPSA) is 64.6 Å². The summed E-state index contributed by atoms with van der Waals surface area (Å²) in [5, 5.41) is 3.32. The lowest BCUT2D eigenvalue weighted by molar-refractivity contribution is -0.140. The van der Waals surface area contributed by atoms with Crippen molar-refractivity contribution >= 4 is 23.5 Å². The first-order valence-electron chi connectivity index (χ1n) is 6.75. The first-order valence-corrected chi connectivity index (χ1v) is 7.13. The fourth-order valence-electron chi connectivity index (χ4n) is 1.68. The van der Waals surface area contributed by atoms with Gasteiger partial charge in [0, 0.05) is 18.0 Å². The Bertz CT molecular complexity index is 491. The average molecular weight is 314 g/mol. The maximum Gasteiger partial charge on any atom is 0.307 e. The third-order valence-electron chi connectivity index (χ3n) is 2.82. The zero-order valence-electron chi connectivity index (χ0n) is 12.3. The van der Waals surface area contributed by atoms with Crippen molar-refractivity contribution in [1.29, 1.82) is 0 Å². The Morgan fingerprint density at radius 2 is 2.05 bits per heavy atom. The number of ether oxygens (including phenoxy) is 2. The minimum atomic E-state index is -0.336. The third-order valence-corrected chi connectivity index (χ3v) is 3.06. The highest BCUT2D eigenvalue weighted by atomic mass is 35.5. The smallest absolute Gasteiger partial charge is 0.307 e. The van der Waals surface area contributed by atoms with Crippen LogP contribution in [0.25, 0.3) is 0 Å². The van der Waals surface area contributed by atoms with Crippen molar-refractivity contribution < 1.29 is 19.1 Å². The fourth-order valence-corrected chi connectivity index (χ4v) is 1.91. The predicted octanol–water partition coefficient (Wildman–Crippen LogP) is 2.49. The second-order valence-electron chi connectivity index (χ2n) is 4.54. The Kier molecular flexibility index (Phi) is 7.61. The van der Waals surface area contributed by atoms with E-state index in [-0.39, 0.29) is 18.3 Å². The van der Waals surface area contributed by atoms with Crippen LogP contribution in [0.5, 0.6) is 5.75 Å². The van der Waals surface area contributed by atoms with E-state index in [2.05, 4.69) is 10.1 Å². The number of nitrogens with one attached hydrogen (secondary N) is 1. The molecule has 0 atom stereocenters. The fraction of sp³-hybridized carbons (Fsp3) is 0.467. The number of carbonyl (C=O) groups excluding carboxylic acids is 2. The number of rotatable bonds is 8. The molecule has 116 valence electrons. The van der Waals surface area contributed by atoms with Crippen LogP contribution in [0.3, 0.4) is 0 Å². The van der Waals surface area contributed by atoms with Gasteiger partial charge in [-0.05, 0) is 37.1 Å². The Labute approximate surface area is 129 Å². The molecule has 1 aromatic carbocycles. The molecule has 0 bridgehead atoms. The molecule has 0 aliphatic carbocycles. The van der Waals surface area contributed by atoms with Crippen molar-refractivity contribution in [2.24, 2.45) is 0 Å². The van der Waals surface area contributed by atoms with E-state index in [1.165, 1.54) is 7.11 Å². The van der Waals surface area contributed by atoms with Gasteiger partial charge in [0.1, 0.15) is 5.75 Å². The summed E-state index contributed by atoms with van der Waals surface area (Å²) in [7, 11) is 1.32. The van der Waals surface area contributed by atoms with E-state index in [0.717, 1.165) is 11.3 Å².